The lowest BCUT2D eigenvalue weighted by molar-refractivity contribution is -0.118. The van der Waals surface area contributed by atoms with Gasteiger partial charge in [0.05, 0.1) is 31.5 Å². The number of fused-ring (bicyclic) bond motifs is 1. The fraction of sp³-hybridized carbons (Fsp3) is 0.263. The predicted octanol–water partition coefficient (Wildman–Crippen LogP) is -5.00. The number of hydrogen-bond acceptors (Lipinski definition) is 6. The quantitative estimate of drug-likeness (QED) is 0.445. The average molecular weight is 397 g/mol. The van der Waals surface area contributed by atoms with Crippen LogP contribution in [0.4, 0.5) is 5.82 Å². The molecule has 7 nitrogen and oxygen atoms in total. The summed E-state index contributed by atoms with van der Waals surface area (Å²) in [5.74, 6) is 0.462. The zero-order valence-corrected chi connectivity index (χ0v) is 18.0. The Hall–Kier alpha value is -2.64. The van der Waals surface area contributed by atoms with Crippen LogP contribution < -0.4 is 27.4 Å². The molecule has 0 saturated carbocycles. The van der Waals surface area contributed by atoms with E-state index in [0.29, 0.717) is 25.6 Å². The SMILES string of the molecule is Bc1nc(B)c(-c2cnc3cnc(NC(=O)CN4CCOCC4)cc3c2)c(B)c1B. The minimum atomic E-state index is -0.0714. The Morgan fingerprint density at radius 2 is 1.80 bits per heavy atom. The summed E-state index contributed by atoms with van der Waals surface area (Å²) in [6.45, 7) is 3.22. The van der Waals surface area contributed by atoms with Crippen LogP contribution in [0.2, 0.25) is 0 Å². The molecule has 11 heteroatoms. The van der Waals surface area contributed by atoms with Gasteiger partial charge in [0.25, 0.3) is 0 Å². The van der Waals surface area contributed by atoms with Crippen molar-refractivity contribution in [3.8, 4) is 11.1 Å². The van der Waals surface area contributed by atoms with Crippen molar-refractivity contribution in [1.29, 1.82) is 0 Å². The third-order valence-electron chi connectivity index (χ3n) is 5.77. The molecular formula is C19H23B4N5O2. The smallest absolute Gasteiger partial charge is 0.239 e. The van der Waals surface area contributed by atoms with Crippen LogP contribution in [0, 0.1) is 0 Å². The van der Waals surface area contributed by atoms with Crippen LogP contribution in [0.1, 0.15) is 0 Å². The summed E-state index contributed by atoms with van der Waals surface area (Å²) in [6.07, 6.45) is 3.56. The van der Waals surface area contributed by atoms with E-state index in [4.69, 9.17) is 9.72 Å². The Balaban J connectivity index is 1.60. The number of carbonyl (C=O) groups excluding carboxylic acids is 1. The first-order valence-electron chi connectivity index (χ1n) is 10.2. The first kappa shape index (κ1) is 20.6. The summed E-state index contributed by atoms with van der Waals surface area (Å²) in [5, 5.41) is 3.84. The molecule has 4 heterocycles. The first-order valence-corrected chi connectivity index (χ1v) is 10.2. The van der Waals surface area contributed by atoms with E-state index in [2.05, 4.69) is 41.9 Å². The van der Waals surface area contributed by atoms with Crippen molar-refractivity contribution in [2.75, 3.05) is 38.2 Å². The largest absolute Gasteiger partial charge is 0.379 e. The van der Waals surface area contributed by atoms with Crippen molar-refractivity contribution in [3.05, 3.63) is 24.5 Å². The van der Waals surface area contributed by atoms with Gasteiger partial charge in [-0.15, -0.1) is 0 Å². The lowest BCUT2D eigenvalue weighted by Crippen LogP contribution is -2.47. The lowest BCUT2D eigenvalue weighted by Gasteiger charge is -2.25. The summed E-state index contributed by atoms with van der Waals surface area (Å²) in [6, 6.07) is 3.97. The fourth-order valence-electron chi connectivity index (χ4n) is 3.93. The molecule has 3 aromatic heterocycles. The summed E-state index contributed by atoms with van der Waals surface area (Å²) in [5.41, 5.74) is 7.38. The third kappa shape index (κ3) is 4.27. The highest BCUT2D eigenvalue weighted by Gasteiger charge is 2.15. The number of amides is 1. The van der Waals surface area contributed by atoms with E-state index < -0.39 is 0 Å². The van der Waals surface area contributed by atoms with Crippen molar-refractivity contribution in [3.63, 3.8) is 0 Å². The number of carbonyl (C=O) groups is 1. The maximum atomic E-state index is 12.4. The van der Waals surface area contributed by atoms with Gasteiger partial charge in [-0.3, -0.25) is 19.7 Å². The molecule has 1 amide bonds. The van der Waals surface area contributed by atoms with Gasteiger partial charge < -0.3 is 10.1 Å². The highest BCUT2D eigenvalue weighted by Crippen LogP contribution is 2.21. The summed E-state index contributed by atoms with van der Waals surface area (Å²) < 4.78 is 5.33. The molecule has 3 aromatic rings. The number of rotatable bonds is 4. The van der Waals surface area contributed by atoms with Gasteiger partial charge in [-0.1, -0.05) is 10.9 Å². The van der Waals surface area contributed by atoms with Crippen molar-refractivity contribution in [2.45, 2.75) is 0 Å². The standard InChI is InChI=1S/C19H23B4N5O2/c20-16-15(18(22)27-19(23)17(16)21)11-5-10-6-13(25-8-12(10)24-7-11)26-14(29)9-28-1-3-30-4-2-28/h5-8H,1-4,9,20-23H2,(H,25,26,29). The number of pyridine rings is 3. The Morgan fingerprint density at radius 1 is 1.03 bits per heavy atom. The Morgan fingerprint density at radius 3 is 2.57 bits per heavy atom. The molecule has 0 aliphatic carbocycles. The highest BCUT2D eigenvalue weighted by atomic mass is 16.5. The highest BCUT2D eigenvalue weighted by molar-refractivity contribution is 6.59. The molecule has 0 bridgehead atoms. The van der Waals surface area contributed by atoms with Crippen LogP contribution in [-0.2, 0) is 9.53 Å². The first-order chi connectivity index (χ1) is 14.4. The zero-order valence-electron chi connectivity index (χ0n) is 18.0. The molecule has 0 aromatic carbocycles. The van der Waals surface area contributed by atoms with Gasteiger partial charge in [-0.05, 0) is 23.3 Å². The molecule has 148 valence electrons. The number of nitrogens with one attached hydrogen (secondary N) is 1. The number of ether oxygens (including phenoxy) is 1. The number of morpholine rings is 1. The Labute approximate surface area is 179 Å². The molecule has 1 N–H and O–H groups in total. The topological polar surface area (TPSA) is 80.2 Å². The molecule has 1 fully saturated rings. The number of aromatic nitrogens is 3. The monoisotopic (exact) mass is 397 g/mol. The molecule has 0 spiro atoms. The summed E-state index contributed by atoms with van der Waals surface area (Å²) in [4.78, 5) is 28.1. The Kier molecular flexibility index (Phi) is 5.92. The van der Waals surface area contributed by atoms with E-state index in [1.807, 2.05) is 28.0 Å². The molecule has 4 rings (SSSR count). The van der Waals surface area contributed by atoms with E-state index in [0.717, 1.165) is 46.3 Å². The van der Waals surface area contributed by atoms with E-state index in [1.165, 1.54) is 10.9 Å². The third-order valence-corrected chi connectivity index (χ3v) is 5.77. The van der Waals surface area contributed by atoms with Gasteiger partial charge in [-0.25, -0.2) is 4.98 Å². The van der Waals surface area contributed by atoms with Crippen LogP contribution in [0.15, 0.2) is 24.5 Å². The van der Waals surface area contributed by atoms with Crippen LogP contribution in [0.25, 0.3) is 22.0 Å². The second-order valence-electron chi connectivity index (χ2n) is 7.83. The summed E-state index contributed by atoms with van der Waals surface area (Å²) >= 11 is 0. The molecule has 1 aliphatic rings. The number of hydrogen-bond donors (Lipinski definition) is 1. The average Bonchev–Trinajstić information content (AvgIpc) is 2.72. The molecule has 1 saturated heterocycles. The second kappa shape index (κ2) is 8.61. The maximum absolute atomic E-state index is 12.4. The molecular weight excluding hydrogens is 373 g/mol. The summed E-state index contributed by atoms with van der Waals surface area (Å²) in [7, 11) is 8.29. The molecule has 1 aliphatic heterocycles. The van der Waals surface area contributed by atoms with Crippen molar-refractivity contribution in [1.82, 2.24) is 19.9 Å². The van der Waals surface area contributed by atoms with Crippen LogP contribution in [-0.4, -0.2) is 90.0 Å². The minimum Gasteiger partial charge on any atom is -0.379 e. The van der Waals surface area contributed by atoms with E-state index >= 15 is 0 Å². The predicted molar refractivity (Wildman–Crippen MR) is 131 cm³/mol. The van der Waals surface area contributed by atoms with Crippen LogP contribution >= 0.6 is 0 Å². The van der Waals surface area contributed by atoms with E-state index in [-0.39, 0.29) is 5.91 Å². The van der Waals surface area contributed by atoms with Crippen LogP contribution in [0.5, 0.6) is 0 Å². The fourth-order valence-corrected chi connectivity index (χ4v) is 3.93. The minimum absolute atomic E-state index is 0.0714. The van der Waals surface area contributed by atoms with Gasteiger partial charge in [-0.2, -0.15) is 0 Å². The van der Waals surface area contributed by atoms with Gasteiger partial charge >= 0.3 is 0 Å². The van der Waals surface area contributed by atoms with Gasteiger partial charge in [0.1, 0.15) is 21.5 Å². The van der Waals surface area contributed by atoms with E-state index in [1.54, 1.807) is 6.20 Å². The Bertz CT molecular complexity index is 1120. The number of anilines is 1. The van der Waals surface area contributed by atoms with E-state index in [9.17, 15) is 4.79 Å². The lowest BCUT2D eigenvalue weighted by atomic mass is 9.70. The van der Waals surface area contributed by atoms with Gasteiger partial charge in [0.2, 0.25) is 5.91 Å². The van der Waals surface area contributed by atoms with Gasteiger partial charge in [0, 0.05) is 35.8 Å². The van der Waals surface area contributed by atoms with Crippen molar-refractivity contribution in [2.24, 2.45) is 0 Å². The molecule has 0 atom stereocenters. The molecule has 0 radical (unpaired) electrons. The van der Waals surface area contributed by atoms with Gasteiger partial charge in [0.15, 0.2) is 15.7 Å². The van der Waals surface area contributed by atoms with Crippen LogP contribution in [0.3, 0.4) is 0 Å². The number of nitrogens with zero attached hydrogens (tertiary/aromatic N) is 4. The normalized spacial score (nSPS) is 14.7. The maximum Gasteiger partial charge on any atom is 0.239 e. The zero-order chi connectivity index (χ0) is 21.3. The van der Waals surface area contributed by atoms with Crippen molar-refractivity contribution >= 4 is 76.1 Å². The molecule has 0 unspecified atom stereocenters. The molecule has 30 heavy (non-hydrogen) atoms. The second-order valence-corrected chi connectivity index (χ2v) is 7.83. The van der Waals surface area contributed by atoms with Crippen molar-refractivity contribution < 1.29 is 9.53 Å².